The Balaban J connectivity index is 1.67. The molecule has 0 saturated carbocycles. The van der Waals surface area contributed by atoms with E-state index in [9.17, 15) is 9.90 Å². The molecule has 0 spiro atoms. The van der Waals surface area contributed by atoms with E-state index in [2.05, 4.69) is 5.32 Å². The highest BCUT2D eigenvalue weighted by Gasteiger charge is 2.22. The number of carbonyl (C=O) groups is 1. The molecule has 2 N–H and O–H groups in total. The average Bonchev–Trinajstić information content (AvgIpc) is 3.14. The van der Waals surface area contributed by atoms with E-state index in [1.807, 2.05) is 71.3 Å². The van der Waals surface area contributed by atoms with Crippen LogP contribution in [0.25, 0.3) is 10.9 Å². The van der Waals surface area contributed by atoms with Crippen LogP contribution in [0.15, 0.2) is 66.7 Å². The Hall–Kier alpha value is -3.48. The van der Waals surface area contributed by atoms with Gasteiger partial charge in [0.15, 0.2) is 0 Å². The first-order chi connectivity index (χ1) is 16.0. The maximum absolute atomic E-state index is 12.4. The summed E-state index contributed by atoms with van der Waals surface area (Å²) in [5.41, 5.74) is 3.80. The Bertz CT molecular complexity index is 1280. The zero-order chi connectivity index (χ0) is 23.4. The number of rotatable bonds is 9. The van der Waals surface area contributed by atoms with Crippen molar-refractivity contribution in [1.82, 2.24) is 9.88 Å². The Morgan fingerprint density at radius 1 is 1.00 bits per heavy atom. The van der Waals surface area contributed by atoms with Gasteiger partial charge in [-0.25, -0.2) is 4.79 Å². The van der Waals surface area contributed by atoms with Gasteiger partial charge in [0, 0.05) is 46.7 Å². The molecule has 1 aromatic heterocycles. The minimum Gasteiger partial charge on any atom is -0.497 e. The van der Waals surface area contributed by atoms with Crippen LogP contribution in [0.5, 0.6) is 11.5 Å². The van der Waals surface area contributed by atoms with Gasteiger partial charge in [-0.15, -0.1) is 0 Å². The number of ether oxygens (including phenoxy) is 2. The molecule has 7 heteroatoms. The summed E-state index contributed by atoms with van der Waals surface area (Å²) < 4.78 is 12.6. The molecule has 0 aliphatic heterocycles. The SMILES string of the molecule is COc1ccc(OC)c(CNCc2c(C(=O)O)n(Cc3ccc(Cl)cc3)c3ccccc23)c1. The van der Waals surface area contributed by atoms with E-state index in [0.717, 1.165) is 39.1 Å². The molecule has 0 fully saturated rings. The number of nitrogens with one attached hydrogen (secondary N) is 1. The minimum atomic E-state index is -0.962. The number of aromatic carboxylic acids is 1. The van der Waals surface area contributed by atoms with Crippen LogP contribution in [0.3, 0.4) is 0 Å². The average molecular weight is 465 g/mol. The number of benzene rings is 3. The molecule has 6 nitrogen and oxygen atoms in total. The van der Waals surface area contributed by atoms with Crippen LogP contribution in [0.2, 0.25) is 5.02 Å². The van der Waals surface area contributed by atoms with Crippen LogP contribution in [-0.2, 0) is 19.6 Å². The number of aromatic nitrogens is 1. The molecule has 0 saturated heterocycles. The summed E-state index contributed by atoms with van der Waals surface area (Å²) >= 11 is 6.02. The zero-order valence-corrected chi connectivity index (χ0v) is 19.2. The molecular formula is C26H25ClN2O4. The first kappa shape index (κ1) is 22.7. The molecule has 33 heavy (non-hydrogen) atoms. The molecule has 4 rings (SSSR count). The first-order valence-corrected chi connectivity index (χ1v) is 10.9. The largest absolute Gasteiger partial charge is 0.497 e. The van der Waals surface area contributed by atoms with E-state index < -0.39 is 5.97 Å². The van der Waals surface area contributed by atoms with Crippen molar-refractivity contribution in [3.63, 3.8) is 0 Å². The second-order valence-corrected chi connectivity index (χ2v) is 8.08. The van der Waals surface area contributed by atoms with Gasteiger partial charge in [0.1, 0.15) is 17.2 Å². The van der Waals surface area contributed by atoms with Crippen LogP contribution in [0.4, 0.5) is 0 Å². The fourth-order valence-corrected chi connectivity index (χ4v) is 4.20. The third kappa shape index (κ3) is 4.82. The van der Waals surface area contributed by atoms with Crippen LogP contribution in [0.1, 0.15) is 27.2 Å². The number of fused-ring (bicyclic) bond motifs is 1. The number of para-hydroxylation sites is 1. The van der Waals surface area contributed by atoms with Crippen molar-refractivity contribution in [3.05, 3.63) is 94.1 Å². The molecule has 0 radical (unpaired) electrons. The van der Waals surface area contributed by atoms with Crippen molar-refractivity contribution in [2.24, 2.45) is 0 Å². The molecule has 170 valence electrons. The number of nitrogens with zero attached hydrogens (tertiary/aromatic N) is 1. The molecule has 0 aliphatic carbocycles. The highest BCUT2D eigenvalue weighted by atomic mass is 35.5. The molecule has 0 unspecified atom stereocenters. The first-order valence-electron chi connectivity index (χ1n) is 10.5. The van der Waals surface area contributed by atoms with Gasteiger partial charge in [-0.3, -0.25) is 0 Å². The molecule has 0 aliphatic rings. The number of hydrogen-bond donors (Lipinski definition) is 2. The van der Waals surface area contributed by atoms with Gasteiger partial charge >= 0.3 is 5.97 Å². The van der Waals surface area contributed by atoms with Crippen LogP contribution in [0, 0.1) is 0 Å². The highest BCUT2D eigenvalue weighted by molar-refractivity contribution is 6.30. The van der Waals surface area contributed by atoms with E-state index in [-0.39, 0.29) is 5.69 Å². The lowest BCUT2D eigenvalue weighted by atomic mass is 10.1. The Morgan fingerprint density at radius 2 is 1.76 bits per heavy atom. The van der Waals surface area contributed by atoms with E-state index in [1.54, 1.807) is 14.2 Å². The molecule has 3 aromatic carbocycles. The molecule has 0 atom stereocenters. The number of methoxy groups -OCH3 is 2. The highest BCUT2D eigenvalue weighted by Crippen LogP contribution is 2.29. The lowest BCUT2D eigenvalue weighted by molar-refractivity contribution is 0.0684. The van der Waals surface area contributed by atoms with Crippen LogP contribution < -0.4 is 14.8 Å². The lowest BCUT2D eigenvalue weighted by Crippen LogP contribution is -2.17. The maximum atomic E-state index is 12.4. The van der Waals surface area contributed by atoms with Gasteiger partial charge in [-0.1, -0.05) is 41.9 Å². The summed E-state index contributed by atoms with van der Waals surface area (Å²) in [6.45, 7) is 1.31. The number of carboxylic acid groups (broad SMARTS) is 1. The van der Waals surface area contributed by atoms with Gasteiger partial charge in [0.05, 0.1) is 14.2 Å². The van der Waals surface area contributed by atoms with Crippen molar-refractivity contribution < 1.29 is 19.4 Å². The van der Waals surface area contributed by atoms with Crippen molar-refractivity contribution in [3.8, 4) is 11.5 Å². The summed E-state index contributed by atoms with van der Waals surface area (Å²) in [5, 5.41) is 15.1. The van der Waals surface area contributed by atoms with E-state index in [0.29, 0.717) is 24.7 Å². The number of halogens is 1. The lowest BCUT2D eigenvalue weighted by Gasteiger charge is -2.12. The molecule has 0 amide bonds. The van der Waals surface area contributed by atoms with Crippen molar-refractivity contribution in [2.45, 2.75) is 19.6 Å². The number of hydrogen-bond acceptors (Lipinski definition) is 4. The third-order valence-corrected chi connectivity index (χ3v) is 5.89. The Morgan fingerprint density at radius 3 is 2.45 bits per heavy atom. The van der Waals surface area contributed by atoms with Crippen molar-refractivity contribution in [1.29, 1.82) is 0 Å². The van der Waals surface area contributed by atoms with Gasteiger partial charge in [0.25, 0.3) is 0 Å². The molecular weight excluding hydrogens is 440 g/mol. The van der Waals surface area contributed by atoms with E-state index in [4.69, 9.17) is 21.1 Å². The van der Waals surface area contributed by atoms with Gasteiger partial charge in [-0.05, 0) is 42.0 Å². The summed E-state index contributed by atoms with van der Waals surface area (Å²) in [6.07, 6.45) is 0. The predicted molar refractivity (Wildman–Crippen MR) is 130 cm³/mol. The molecule has 0 bridgehead atoms. The predicted octanol–water partition coefficient (Wildman–Crippen LogP) is 5.35. The summed E-state index contributed by atoms with van der Waals surface area (Å²) in [7, 11) is 3.24. The second-order valence-electron chi connectivity index (χ2n) is 7.64. The Kier molecular flexibility index (Phi) is 6.87. The van der Waals surface area contributed by atoms with Gasteiger partial charge < -0.3 is 24.5 Å². The van der Waals surface area contributed by atoms with Crippen molar-refractivity contribution in [2.75, 3.05) is 14.2 Å². The van der Waals surface area contributed by atoms with Gasteiger partial charge in [0.2, 0.25) is 0 Å². The Labute approximate surface area is 197 Å². The quantitative estimate of drug-likeness (QED) is 0.349. The summed E-state index contributed by atoms with van der Waals surface area (Å²) in [4.78, 5) is 12.4. The summed E-state index contributed by atoms with van der Waals surface area (Å²) in [5.74, 6) is 0.515. The molecule has 1 heterocycles. The van der Waals surface area contributed by atoms with Gasteiger partial charge in [-0.2, -0.15) is 0 Å². The zero-order valence-electron chi connectivity index (χ0n) is 18.5. The topological polar surface area (TPSA) is 72.7 Å². The maximum Gasteiger partial charge on any atom is 0.352 e. The second kappa shape index (κ2) is 9.98. The fourth-order valence-electron chi connectivity index (χ4n) is 4.08. The van der Waals surface area contributed by atoms with E-state index >= 15 is 0 Å². The normalized spacial score (nSPS) is 11.0. The monoisotopic (exact) mass is 464 g/mol. The fraction of sp³-hybridized carbons (Fsp3) is 0.192. The minimum absolute atomic E-state index is 0.274. The van der Waals surface area contributed by atoms with Crippen molar-refractivity contribution >= 4 is 28.5 Å². The standard InChI is InChI=1S/C26H25ClN2O4/c1-32-20-11-12-24(33-2)18(13-20)14-28-15-22-21-5-3-4-6-23(21)29(25(22)26(30)31)16-17-7-9-19(27)10-8-17/h3-13,28H,14-16H2,1-2H3,(H,30,31). The van der Waals surface area contributed by atoms with E-state index in [1.165, 1.54) is 0 Å². The third-order valence-electron chi connectivity index (χ3n) is 5.64. The van der Waals surface area contributed by atoms with Crippen LogP contribution in [-0.4, -0.2) is 29.9 Å². The smallest absolute Gasteiger partial charge is 0.352 e. The number of carboxylic acids is 1. The summed E-state index contributed by atoms with van der Waals surface area (Å²) in [6, 6.07) is 20.8. The molecule has 4 aromatic rings. The van der Waals surface area contributed by atoms with Crippen LogP contribution >= 0.6 is 11.6 Å².